The smallest absolute Gasteiger partial charge is 0.259 e. The van der Waals surface area contributed by atoms with Gasteiger partial charge in [0.15, 0.2) is 5.84 Å². The average Bonchev–Trinajstić information content (AvgIpc) is 2.52. The molecule has 1 aromatic carbocycles. The van der Waals surface area contributed by atoms with Crippen LogP contribution < -0.4 is 10.1 Å². The number of pyridine rings is 1. The van der Waals surface area contributed by atoms with Crippen molar-refractivity contribution in [1.82, 2.24) is 10.3 Å². The number of Topliss-reactive ketones (excluding diaryl/α,β-unsaturated/α-hetero) is 1. The molecule has 2 heterocycles. The fraction of sp³-hybridized carbons (Fsp3) is 0.0667. The highest BCUT2D eigenvalue weighted by molar-refractivity contribution is 6.51. The molecule has 2 aromatic rings. The van der Waals surface area contributed by atoms with E-state index in [9.17, 15) is 9.59 Å². The van der Waals surface area contributed by atoms with Gasteiger partial charge in [0.25, 0.3) is 5.91 Å². The topological polar surface area (TPSA) is 80.7 Å². The lowest BCUT2D eigenvalue weighted by atomic mass is 10.0. The molecule has 0 fully saturated rings. The second kappa shape index (κ2) is 5.16. The molecule has 0 radical (unpaired) electrons. The first-order valence-electron chi connectivity index (χ1n) is 6.23. The number of methoxy groups -OCH3 is 1. The van der Waals surface area contributed by atoms with E-state index in [0.29, 0.717) is 11.4 Å². The number of carbonyl (C=O) groups is 2. The SMILES string of the molecule is COc1cccc(N=C2NC(=O)c3cccnc3C2=O)c1. The summed E-state index contributed by atoms with van der Waals surface area (Å²) in [7, 11) is 1.54. The van der Waals surface area contributed by atoms with Crippen molar-refractivity contribution in [3.05, 3.63) is 53.9 Å². The third-order valence-corrected chi connectivity index (χ3v) is 3.01. The minimum Gasteiger partial charge on any atom is -0.497 e. The van der Waals surface area contributed by atoms with Gasteiger partial charge in [-0.1, -0.05) is 6.07 Å². The summed E-state index contributed by atoms with van der Waals surface area (Å²) in [6.07, 6.45) is 1.47. The van der Waals surface area contributed by atoms with Crippen LogP contribution in [-0.2, 0) is 0 Å². The molecule has 1 amide bonds. The van der Waals surface area contributed by atoms with E-state index in [1.807, 2.05) is 0 Å². The van der Waals surface area contributed by atoms with Crippen LogP contribution in [0.2, 0.25) is 0 Å². The molecule has 104 valence electrons. The number of benzene rings is 1. The number of amidine groups is 1. The lowest BCUT2D eigenvalue weighted by Gasteiger charge is -2.15. The maximum atomic E-state index is 12.3. The lowest BCUT2D eigenvalue weighted by Crippen LogP contribution is -2.42. The van der Waals surface area contributed by atoms with E-state index in [-0.39, 0.29) is 23.0 Å². The zero-order chi connectivity index (χ0) is 14.8. The first-order valence-corrected chi connectivity index (χ1v) is 6.23. The Balaban J connectivity index is 2.02. The largest absolute Gasteiger partial charge is 0.497 e. The second-order valence-electron chi connectivity index (χ2n) is 4.34. The minimum atomic E-state index is -0.409. The molecule has 0 saturated heterocycles. The van der Waals surface area contributed by atoms with Crippen LogP contribution in [0.15, 0.2) is 47.6 Å². The molecule has 0 aliphatic carbocycles. The summed E-state index contributed by atoms with van der Waals surface area (Å²) in [5.74, 6) is -0.225. The van der Waals surface area contributed by atoms with Crippen molar-refractivity contribution in [1.29, 1.82) is 0 Å². The number of amides is 1. The molecular weight excluding hydrogens is 270 g/mol. The van der Waals surface area contributed by atoms with Crippen molar-refractivity contribution in [2.24, 2.45) is 4.99 Å². The van der Waals surface area contributed by atoms with Gasteiger partial charge in [-0.15, -0.1) is 0 Å². The lowest BCUT2D eigenvalue weighted by molar-refractivity contribution is 0.0939. The number of fused-ring (bicyclic) bond motifs is 1. The van der Waals surface area contributed by atoms with Gasteiger partial charge < -0.3 is 10.1 Å². The van der Waals surface area contributed by atoms with Gasteiger partial charge >= 0.3 is 0 Å². The predicted octanol–water partition coefficient (Wildman–Crippen LogP) is 1.75. The summed E-state index contributed by atoms with van der Waals surface area (Å²) in [6, 6.07) is 10.1. The van der Waals surface area contributed by atoms with E-state index < -0.39 is 5.78 Å². The Bertz CT molecular complexity index is 768. The molecule has 0 saturated carbocycles. The van der Waals surface area contributed by atoms with Crippen molar-refractivity contribution in [3.8, 4) is 5.75 Å². The number of hydrogen-bond acceptors (Lipinski definition) is 5. The molecule has 0 atom stereocenters. The summed E-state index contributed by atoms with van der Waals surface area (Å²) in [4.78, 5) is 32.4. The minimum absolute atomic E-state index is 0.0422. The Morgan fingerprint density at radius 2 is 2.05 bits per heavy atom. The number of rotatable bonds is 2. The van der Waals surface area contributed by atoms with Crippen LogP contribution in [0.25, 0.3) is 0 Å². The Morgan fingerprint density at radius 1 is 1.19 bits per heavy atom. The standard InChI is InChI=1S/C15H11N3O3/c1-21-10-5-2-4-9(8-10)17-14-13(19)12-11(15(20)18-14)6-3-7-16-12/h2-8H,1H3,(H,17,18,20). The number of hydrogen-bond donors (Lipinski definition) is 1. The van der Waals surface area contributed by atoms with Crippen molar-refractivity contribution in [2.75, 3.05) is 7.11 Å². The van der Waals surface area contributed by atoms with Crippen molar-refractivity contribution >= 4 is 23.2 Å². The highest BCUT2D eigenvalue weighted by atomic mass is 16.5. The first-order chi connectivity index (χ1) is 10.2. The Labute approximate surface area is 120 Å². The molecule has 0 bridgehead atoms. The zero-order valence-corrected chi connectivity index (χ0v) is 11.2. The van der Waals surface area contributed by atoms with E-state index in [2.05, 4.69) is 15.3 Å². The van der Waals surface area contributed by atoms with Crippen LogP contribution in [0.3, 0.4) is 0 Å². The van der Waals surface area contributed by atoms with Crippen LogP contribution in [0.4, 0.5) is 5.69 Å². The number of carbonyl (C=O) groups excluding carboxylic acids is 2. The van der Waals surface area contributed by atoms with E-state index in [1.165, 1.54) is 6.20 Å². The van der Waals surface area contributed by atoms with E-state index in [1.54, 1.807) is 43.5 Å². The summed E-state index contributed by atoms with van der Waals surface area (Å²) in [5, 5.41) is 2.49. The number of nitrogens with one attached hydrogen (secondary N) is 1. The third-order valence-electron chi connectivity index (χ3n) is 3.01. The number of aliphatic imine (C=N–C) groups is 1. The molecule has 1 N–H and O–H groups in total. The number of aromatic nitrogens is 1. The Hall–Kier alpha value is -3.02. The fourth-order valence-corrected chi connectivity index (χ4v) is 2.00. The van der Waals surface area contributed by atoms with E-state index in [0.717, 1.165) is 0 Å². The summed E-state index contributed by atoms with van der Waals surface area (Å²) >= 11 is 0. The quantitative estimate of drug-likeness (QED) is 0.909. The molecule has 0 unspecified atom stereocenters. The Kier molecular flexibility index (Phi) is 3.19. The predicted molar refractivity (Wildman–Crippen MR) is 76.1 cm³/mol. The van der Waals surface area contributed by atoms with Crippen LogP contribution >= 0.6 is 0 Å². The highest BCUT2D eigenvalue weighted by Gasteiger charge is 2.29. The van der Waals surface area contributed by atoms with Crippen LogP contribution in [0.5, 0.6) is 5.75 Å². The summed E-state index contributed by atoms with van der Waals surface area (Å²) < 4.78 is 5.09. The third kappa shape index (κ3) is 2.38. The summed E-state index contributed by atoms with van der Waals surface area (Å²) in [6.45, 7) is 0. The van der Waals surface area contributed by atoms with E-state index >= 15 is 0 Å². The van der Waals surface area contributed by atoms with Gasteiger partial charge in [-0.05, 0) is 24.3 Å². The summed E-state index contributed by atoms with van der Waals surface area (Å²) in [5.41, 5.74) is 0.882. The van der Waals surface area contributed by atoms with Crippen LogP contribution in [-0.4, -0.2) is 29.6 Å². The zero-order valence-electron chi connectivity index (χ0n) is 11.2. The Morgan fingerprint density at radius 3 is 2.86 bits per heavy atom. The van der Waals surface area contributed by atoms with Gasteiger partial charge in [-0.3, -0.25) is 14.6 Å². The van der Waals surface area contributed by atoms with Crippen molar-refractivity contribution in [2.45, 2.75) is 0 Å². The molecular formula is C15H11N3O3. The number of ketones is 1. The van der Waals surface area contributed by atoms with Gasteiger partial charge in [0.2, 0.25) is 5.78 Å². The molecule has 0 spiro atoms. The number of ether oxygens (including phenoxy) is 1. The maximum absolute atomic E-state index is 12.3. The molecule has 1 aromatic heterocycles. The van der Waals surface area contributed by atoms with E-state index in [4.69, 9.17) is 4.74 Å². The maximum Gasteiger partial charge on any atom is 0.259 e. The van der Waals surface area contributed by atoms with Gasteiger partial charge in [0.1, 0.15) is 11.4 Å². The van der Waals surface area contributed by atoms with Crippen molar-refractivity contribution in [3.63, 3.8) is 0 Å². The first kappa shape index (κ1) is 13.0. The molecule has 1 aliphatic rings. The number of nitrogens with zero attached hydrogens (tertiary/aromatic N) is 2. The average molecular weight is 281 g/mol. The molecule has 21 heavy (non-hydrogen) atoms. The monoisotopic (exact) mass is 281 g/mol. The van der Waals surface area contributed by atoms with Gasteiger partial charge in [-0.2, -0.15) is 0 Å². The molecule has 6 nitrogen and oxygen atoms in total. The van der Waals surface area contributed by atoms with Gasteiger partial charge in [0, 0.05) is 12.3 Å². The van der Waals surface area contributed by atoms with Gasteiger partial charge in [0.05, 0.1) is 18.4 Å². The van der Waals surface area contributed by atoms with Crippen LogP contribution in [0, 0.1) is 0 Å². The highest BCUT2D eigenvalue weighted by Crippen LogP contribution is 2.21. The van der Waals surface area contributed by atoms with Crippen molar-refractivity contribution < 1.29 is 14.3 Å². The second-order valence-corrected chi connectivity index (χ2v) is 4.34. The normalized spacial score (nSPS) is 15.6. The van der Waals surface area contributed by atoms with Gasteiger partial charge in [-0.25, -0.2) is 4.99 Å². The molecule has 1 aliphatic heterocycles. The molecule has 3 rings (SSSR count). The fourth-order valence-electron chi connectivity index (χ4n) is 2.00. The van der Waals surface area contributed by atoms with Crippen LogP contribution in [0.1, 0.15) is 20.8 Å². The molecule has 6 heteroatoms.